The molecule has 3 nitrogen and oxygen atoms in total. The number of halogens is 2. The summed E-state index contributed by atoms with van der Waals surface area (Å²) in [6.07, 6.45) is 1.76. The Morgan fingerprint density at radius 3 is 2.41 bits per heavy atom. The van der Waals surface area contributed by atoms with Crippen molar-refractivity contribution in [3.63, 3.8) is 0 Å². The van der Waals surface area contributed by atoms with E-state index < -0.39 is 0 Å². The van der Waals surface area contributed by atoms with E-state index >= 15 is 0 Å². The summed E-state index contributed by atoms with van der Waals surface area (Å²) in [5.74, 6) is -0.224. The lowest BCUT2D eigenvalue weighted by Crippen LogP contribution is -2.20. The SMILES string of the molecule is CCC/C(=N/NC(=O)c1ccccc1Br)c1ccc(Br)cc1. The fourth-order valence-electron chi connectivity index (χ4n) is 1.97. The third kappa shape index (κ3) is 4.52. The summed E-state index contributed by atoms with van der Waals surface area (Å²) < 4.78 is 1.77. The molecule has 0 aromatic heterocycles. The predicted octanol–water partition coefficient (Wildman–Crippen LogP) is 5.15. The highest BCUT2D eigenvalue weighted by Crippen LogP contribution is 2.16. The van der Waals surface area contributed by atoms with Gasteiger partial charge in [-0.3, -0.25) is 4.79 Å². The minimum absolute atomic E-state index is 0.224. The second-order valence-electron chi connectivity index (χ2n) is 4.74. The Balaban J connectivity index is 2.18. The number of hydrazone groups is 1. The number of hydrogen-bond acceptors (Lipinski definition) is 2. The molecule has 0 aliphatic carbocycles. The van der Waals surface area contributed by atoms with Gasteiger partial charge in [0.25, 0.3) is 5.91 Å². The number of carbonyl (C=O) groups excluding carboxylic acids is 1. The van der Waals surface area contributed by atoms with E-state index in [4.69, 9.17) is 0 Å². The maximum absolute atomic E-state index is 12.2. The van der Waals surface area contributed by atoms with Crippen molar-refractivity contribution in [1.29, 1.82) is 0 Å². The lowest BCUT2D eigenvalue weighted by molar-refractivity contribution is 0.0954. The van der Waals surface area contributed by atoms with E-state index in [1.54, 1.807) is 6.07 Å². The van der Waals surface area contributed by atoms with E-state index in [-0.39, 0.29) is 5.91 Å². The van der Waals surface area contributed by atoms with Crippen molar-refractivity contribution in [2.24, 2.45) is 5.10 Å². The van der Waals surface area contributed by atoms with E-state index in [0.717, 1.165) is 33.1 Å². The number of nitrogens with zero attached hydrogens (tertiary/aromatic N) is 1. The summed E-state index contributed by atoms with van der Waals surface area (Å²) in [5.41, 5.74) is 5.09. The summed E-state index contributed by atoms with van der Waals surface area (Å²) in [6, 6.07) is 15.2. The normalized spacial score (nSPS) is 11.3. The first-order valence-corrected chi connectivity index (χ1v) is 8.57. The molecule has 114 valence electrons. The summed E-state index contributed by atoms with van der Waals surface area (Å²) in [4.78, 5) is 12.2. The molecule has 0 saturated heterocycles. The van der Waals surface area contributed by atoms with E-state index in [0.29, 0.717) is 5.56 Å². The van der Waals surface area contributed by atoms with Gasteiger partial charge < -0.3 is 0 Å². The first kappa shape index (κ1) is 16.9. The molecule has 1 N–H and O–H groups in total. The maximum atomic E-state index is 12.2. The largest absolute Gasteiger partial charge is 0.272 e. The number of amides is 1. The lowest BCUT2D eigenvalue weighted by atomic mass is 10.1. The minimum Gasteiger partial charge on any atom is -0.267 e. The molecule has 22 heavy (non-hydrogen) atoms. The Hall–Kier alpha value is -1.46. The van der Waals surface area contributed by atoms with Crippen molar-refractivity contribution in [3.05, 3.63) is 68.6 Å². The monoisotopic (exact) mass is 422 g/mol. The van der Waals surface area contributed by atoms with Gasteiger partial charge in [0.05, 0.1) is 11.3 Å². The van der Waals surface area contributed by atoms with Gasteiger partial charge in [-0.05, 0) is 52.2 Å². The summed E-state index contributed by atoms with van der Waals surface area (Å²) >= 11 is 6.79. The van der Waals surface area contributed by atoms with Crippen molar-refractivity contribution in [2.45, 2.75) is 19.8 Å². The highest BCUT2D eigenvalue weighted by molar-refractivity contribution is 9.10. The van der Waals surface area contributed by atoms with Gasteiger partial charge in [0, 0.05) is 8.95 Å². The zero-order chi connectivity index (χ0) is 15.9. The Bertz CT molecular complexity index is 681. The first-order chi connectivity index (χ1) is 10.6. The maximum Gasteiger partial charge on any atom is 0.272 e. The third-order valence-electron chi connectivity index (χ3n) is 3.08. The van der Waals surface area contributed by atoms with Gasteiger partial charge in [0.1, 0.15) is 0 Å². The highest BCUT2D eigenvalue weighted by Gasteiger charge is 2.09. The van der Waals surface area contributed by atoms with Crippen molar-refractivity contribution >= 4 is 43.5 Å². The molecule has 1 amide bonds. The van der Waals surface area contributed by atoms with Gasteiger partial charge in [-0.15, -0.1) is 0 Å². The average molecular weight is 424 g/mol. The first-order valence-electron chi connectivity index (χ1n) is 6.99. The molecular weight excluding hydrogens is 408 g/mol. The van der Waals surface area contributed by atoms with Crippen LogP contribution in [0.4, 0.5) is 0 Å². The van der Waals surface area contributed by atoms with Crippen LogP contribution in [0.1, 0.15) is 35.7 Å². The van der Waals surface area contributed by atoms with Crippen molar-refractivity contribution in [2.75, 3.05) is 0 Å². The molecule has 2 aromatic rings. The summed E-state index contributed by atoms with van der Waals surface area (Å²) in [6.45, 7) is 2.09. The number of benzene rings is 2. The standard InChI is InChI=1S/C17H16Br2N2O/c1-2-5-16(12-8-10-13(18)11-9-12)20-21-17(22)14-6-3-4-7-15(14)19/h3-4,6-11H,2,5H2,1H3,(H,21,22)/b20-16-. The molecule has 2 rings (SSSR count). The molecule has 0 aliphatic rings. The van der Waals surface area contributed by atoms with E-state index in [9.17, 15) is 4.79 Å². The molecule has 0 radical (unpaired) electrons. The molecule has 0 heterocycles. The predicted molar refractivity (Wildman–Crippen MR) is 97.2 cm³/mol. The van der Waals surface area contributed by atoms with Crippen LogP contribution in [0.25, 0.3) is 0 Å². The van der Waals surface area contributed by atoms with Crippen molar-refractivity contribution in [1.82, 2.24) is 5.43 Å². The van der Waals surface area contributed by atoms with Gasteiger partial charge in [0.2, 0.25) is 0 Å². The van der Waals surface area contributed by atoms with E-state index in [1.165, 1.54) is 0 Å². The fourth-order valence-corrected chi connectivity index (χ4v) is 2.70. The fraction of sp³-hybridized carbons (Fsp3) is 0.176. The lowest BCUT2D eigenvalue weighted by Gasteiger charge is -2.07. The second-order valence-corrected chi connectivity index (χ2v) is 6.51. The number of rotatable bonds is 5. The third-order valence-corrected chi connectivity index (χ3v) is 4.30. The number of hydrogen-bond donors (Lipinski definition) is 1. The smallest absolute Gasteiger partial charge is 0.267 e. The van der Waals surface area contributed by atoms with Crippen LogP contribution in [-0.2, 0) is 0 Å². The molecule has 0 unspecified atom stereocenters. The van der Waals surface area contributed by atoms with Crippen LogP contribution < -0.4 is 5.43 Å². The van der Waals surface area contributed by atoms with Gasteiger partial charge >= 0.3 is 0 Å². The molecule has 0 spiro atoms. The quantitative estimate of drug-likeness (QED) is 0.524. The Morgan fingerprint density at radius 1 is 1.09 bits per heavy atom. The average Bonchev–Trinajstić information content (AvgIpc) is 2.52. The molecule has 2 aromatic carbocycles. The zero-order valence-corrected chi connectivity index (χ0v) is 15.3. The molecule has 0 fully saturated rings. The van der Waals surface area contributed by atoms with Crippen LogP contribution in [0.15, 0.2) is 62.6 Å². The van der Waals surface area contributed by atoms with Crippen LogP contribution in [0.5, 0.6) is 0 Å². The summed E-state index contributed by atoms with van der Waals surface area (Å²) in [7, 11) is 0. The molecule has 0 aliphatic heterocycles. The Labute approximate surface area is 147 Å². The van der Waals surface area contributed by atoms with Crippen LogP contribution in [0.3, 0.4) is 0 Å². The second kappa shape index (κ2) is 8.25. The van der Waals surface area contributed by atoms with Crippen molar-refractivity contribution < 1.29 is 4.79 Å². The van der Waals surface area contributed by atoms with E-state index in [1.807, 2.05) is 42.5 Å². The number of nitrogens with one attached hydrogen (secondary N) is 1. The van der Waals surface area contributed by atoms with Crippen LogP contribution in [0, 0.1) is 0 Å². The Kier molecular flexibility index (Phi) is 6.34. The van der Waals surface area contributed by atoms with Gasteiger partial charge in [0.15, 0.2) is 0 Å². The van der Waals surface area contributed by atoms with E-state index in [2.05, 4.69) is 49.3 Å². The topological polar surface area (TPSA) is 41.5 Å². The highest BCUT2D eigenvalue weighted by atomic mass is 79.9. The molecular formula is C17H16Br2N2O. The Morgan fingerprint density at radius 2 is 1.77 bits per heavy atom. The van der Waals surface area contributed by atoms with Gasteiger partial charge in [-0.1, -0.05) is 53.5 Å². The molecule has 5 heteroatoms. The number of carbonyl (C=O) groups is 1. The molecule has 0 atom stereocenters. The van der Waals surface area contributed by atoms with Crippen LogP contribution >= 0.6 is 31.9 Å². The minimum atomic E-state index is -0.224. The zero-order valence-electron chi connectivity index (χ0n) is 12.1. The molecule has 0 bridgehead atoms. The summed E-state index contributed by atoms with van der Waals surface area (Å²) in [5, 5.41) is 4.31. The molecule has 0 saturated carbocycles. The van der Waals surface area contributed by atoms with Crippen LogP contribution in [0.2, 0.25) is 0 Å². The van der Waals surface area contributed by atoms with Gasteiger partial charge in [-0.25, -0.2) is 5.43 Å². The van der Waals surface area contributed by atoms with Crippen LogP contribution in [-0.4, -0.2) is 11.6 Å². The van der Waals surface area contributed by atoms with Gasteiger partial charge in [-0.2, -0.15) is 5.10 Å². The van der Waals surface area contributed by atoms with Crippen molar-refractivity contribution in [3.8, 4) is 0 Å².